The minimum atomic E-state index is -0.295. The van der Waals surface area contributed by atoms with Gasteiger partial charge in [-0.15, -0.1) is 10.2 Å². The number of hydrogen-bond acceptors (Lipinski definition) is 4. The first-order chi connectivity index (χ1) is 13.1. The van der Waals surface area contributed by atoms with E-state index in [4.69, 9.17) is 0 Å². The monoisotopic (exact) mass is 364 g/mol. The van der Waals surface area contributed by atoms with E-state index in [0.717, 1.165) is 28.8 Å². The SMILES string of the molecule is CCc1cccc(C)c1NC(=O)c1ccc(NCc2ccc(F)cc2)nn1. The van der Waals surface area contributed by atoms with Crippen LogP contribution in [0.4, 0.5) is 15.9 Å². The van der Waals surface area contributed by atoms with Gasteiger partial charge >= 0.3 is 0 Å². The van der Waals surface area contributed by atoms with E-state index in [1.54, 1.807) is 24.3 Å². The fraction of sp³-hybridized carbons (Fsp3) is 0.190. The number of aryl methyl sites for hydroxylation is 2. The number of anilines is 2. The van der Waals surface area contributed by atoms with E-state index in [0.29, 0.717) is 12.4 Å². The van der Waals surface area contributed by atoms with Crippen molar-refractivity contribution in [1.82, 2.24) is 10.2 Å². The molecule has 138 valence electrons. The topological polar surface area (TPSA) is 66.9 Å². The van der Waals surface area contributed by atoms with Crippen molar-refractivity contribution >= 4 is 17.4 Å². The fourth-order valence-electron chi connectivity index (χ4n) is 2.72. The van der Waals surface area contributed by atoms with Gasteiger partial charge in [0.05, 0.1) is 0 Å². The normalized spacial score (nSPS) is 10.5. The summed E-state index contributed by atoms with van der Waals surface area (Å²) in [5, 5.41) is 14.1. The highest BCUT2D eigenvalue weighted by Gasteiger charge is 2.12. The molecule has 0 atom stereocenters. The molecular formula is C21H21FN4O. The Balaban J connectivity index is 1.64. The van der Waals surface area contributed by atoms with Gasteiger partial charge in [-0.1, -0.05) is 37.3 Å². The van der Waals surface area contributed by atoms with E-state index in [1.165, 1.54) is 12.1 Å². The summed E-state index contributed by atoms with van der Waals surface area (Å²) in [6, 6.07) is 15.5. The molecule has 3 rings (SSSR count). The molecule has 0 saturated carbocycles. The number of nitrogens with zero attached hydrogens (tertiary/aromatic N) is 2. The van der Waals surface area contributed by atoms with Crippen LogP contribution in [0.2, 0.25) is 0 Å². The molecule has 2 aromatic carbocycles. The molecular weight excluding hydrogens is 343 g/mol. The predicted molar refractivity (Wildman–Crippen MR) is 104 cm³/mol. The van der Waals surface area contributed by atoms with E-state index < -0.39 is 0 Å². The first-order valence-corrected chi connectivity index (χ1v) is 8.78. The van der Waals surface area contributed by atoms with Crippen molar-refractivity contribution in [3.05, 3.63) is 82.8 Å². The number of hydrogen-bond donors (Lipinski definition) is 2. The minimum absolute atomic E-state index is 0.243. The van der Waals surface area contributed by atoms with Gasteiger partial charge in [-0.3, -0.25) is 4.79 Å². The molecule has 0 radical (unpaired) electrons. The fourth-order valence-corrected chi connectivity index (χ4v) is 2.72. The Kier molecular flexibility index (Phi) is 5.76. The van der Waals surface area contributed by atoms with Crippen LogP contribution in [0.15, 0.2) is 54.6 Å². The Hall–Kier alpha value is -3.28. The largest absolute Gasteiger partial charge is 0.365 e. The van der Waals surface area contributed by atoms with Crippen LogP contribution in [0.1, 0.15) is 34.1 Å². The average Bonchev–Trinajstić information content (AvgIpc) is 2.69. The van der Waals surface area contributed by atoms with Gasteiger partial charge in [-0.25, -0.2) is 4.39 Å². The number of carbonyl (C=O) groups excluding carboxylic acids is 1. The Labute approximate surface area is 157 Å². The van der Waals surface area contributed by atoms with Crippen molar-refractivity contribution in [2.45, 2.75) is 26.8 Å². The van der Waals surface area contributed by atoms with Crippen LogP contribution in [-0.2, 0) is 13.0 Å². The molecule has 0 saturated heterocycles. The van der Waals surface area contributed by atoms with Gasteiger partial charge in [0.15, 0.2) is 5.69 Å². The summed E-state index contributed by atoms with van der Waals surface area (Å²) in [5.74, 6) is -0.0219. The molecule has 3 aromatic rings. The van der Waals surface area contributed by atoms with Crippen molar-refractivity contribution in [1.29, 1.82) is 0 Å². The Morgan fingerprint density at radius 1 is 1.04 bits per heavy atom. The zero-order valence-electron chi connectivity index (χ0n) is 15.3. The maximum absolute atomic E-state index is 12.9. The molecule has 6 heteroatoms. The molecule has 1 amide bonds. The van der Waals surface area contributed by atoms with Crippen LogP contribution in [-0.4, -0.2) is 16.1 Å². The summed E-state index contributed by atoms with van der Waals surface area (Å²) in [5.41, 5.74) is 4.08. The Bertz CT molecular complexity index is 924. The van der Waals surface area contributed by atoms with Gasteiger partial charge in [0, 0.05) is 12.2 Å². The lowest BCUT2D eigenvalue weighted by atomic mass is 10.1. The van der Waals surface area contributed by atoms with Crippen LogP contribution in [0.25, 0.3) is 0 Å². The number of carbonyl (C=O) groups is 1. The number of halogens is 1. The molecule has 0 aliphatic heterocycles. The van der Waals surface area contributed by atoms with Crippen LogP contribution in [0, 0.1) is 12.7 Å². The highest BCUT2D eigenvalue weighted by atomic mass is 19.1. The smallest absolute Gasteiger partial charge is 0.276 e. The summed E-state index contributed by atoms with van der Waals surface area (Å²) in [6.45, 7) is 4.50. The van der Waals surface area contributed by atoms with E-state index in [1.807, 2.05) is 32.0 Å². The lowest BCUT2D eigenvalue weighted by Crippen LogP contribution is -2.16. The Morgan fingerprint density at radius 2 is 1.81 bits per heavy atom. The van der Waals surface area contributed by atoms with Gasteiger partial charge in [0.2, 0.25) is 0 Å². The highest BCUT2D eigenvalue weighted by Crippen LogP contribution is 2.21. The van der Waals surface area contributed by atoms with Crippen molar-refractivity contribution < 1.29 is 9.18 Å². The third kappa shape index (κ3) is 4.67. The van der Waals surface area contributed by atoms with E-state index in [9.17, 15) is 9.18 Å². The Morgan fingerprint density at radius 3 is 2.48 bits per heavy atom. The third-order valence-corrected chi connectivity index (χ3v) is 4.26. The van der Waals surface area contributed by atoms with Crippen molar-refractivity contribution in [2.75, 3.05) is 10.6 Å². The van der Waals surface area contributed by atoms with Gasteiger partial charge < -0.3 is 10.6 Å². The van der Waals surface area contributed by atoms with E-state index >= 15 is 0 Å². The number of benzene rings is 2. The van der Waals surface area contributed by atoms with Gasteiger partial charge in [0.25, 0.3) is 5.91 Å². The van der Waals surface area contributed by atoms with E-state index in [2.05, 4.69) is 20.8 Å². The number of amides is 1. The first-order valence-electron chi connectivity index (χ1n) is 8.78. The number of aromatic nitrogens is 2. The molecule has 0 bridgehead atoms. The summed E-state index contributed by atoms with van der Waals surface area (Å²) in [6.07, 6.45) is 0.829. The maximum atomic E-state index is 12.9. The van der Waals surface area contributed by atoms with Gasteiger partial charge in [-0.2, -0.15) is 0 Å². The molecule has 0 spiro atoms. The highest BCUT2D eigenvalue weighted by molar-refractivity contribution is 6.03. The summed E-state index contributed by atoms with van der Waals surface area (Å²) < 4.78 is 12.9. The molecule has 0 unspecified atom stereocenters. The van der Waals surface area contributed by atoms with Crippen molar-refractivity contribution in [3.8, 4) is 0 Å². The van der Waals surface area contributed by atoms with Crippen LogP contribution in [0.5, 0.6) is 0 Å². The second-order valence-electron chi connectivity index (χ2n) is 6.20. The molecule has 0 fully saturated rings. The third-order valence-electron chi connectivity index (χ3n) is 4.26. The van der Waals surface area contributed by atoms with Crippen LogP contribution >= 0.6 is 0 Å². The quantitative estimate of drug-likeness (QED) is 0.682. The average molecular weight is 364 g/mol. The lowest BCUT2D eigenvalue weighted by molar-refractivity contribution is 0.102. The number of rotatable bonds is 6. The summed E-state index contributed by atoms with van der Waals surface area (Å²) in [4.78, 5) is 12.5. The number of para-hydroxylation sites is 1. The zero-order chi connectivity index (χ0) is 19.2. The molecule has 0 aliphatic rings. The molecule has 5 nitrogen and oxygen atoms in total. The molecule has 1 heterocycles. The first kappa shape index (κ1) is 18.5. The van der Waals surface area contributed by atoms with Crippen LogP contribution < -0.4 is 10.6 Å². The predicted octanol–water partition coefficient (Wildman–Crippen LogP) is 4.35. The zero-order valence-corrected chi connectivity index (χ0v) is 15.3. The maximum Gasteiger partial charge on any atom is 0.276 e. The molecule has 2 N–H and O–H groups in total. The number of nitrogens with one attached hydrogen (secondary N) is 2. The van der Waals surface area contributed by atoms with Gasteiger partial charge in [-0.05, 0) is 54.3 Å². The van der Waals surface area contributed by atoms with E-state index in [-0.39, 0.29) is 17.4 Å². The van der Waals surface area contributed by atoms with Crippen molar-refractivity contribution in [2.24, 2.45) is 0 Å². The van der Waals surface area contributed by atoms with Crippen LogP contribution in [0.3, 0.4) is 0 Å². The summed E-state index contributed by atoms with van der Waals surface area (Å²) in [7, 11) is 0. The second kappa shape index (κ2) is 8.40. The molecule has 0 aliphatic carbocycles. The van der Waals surface area contributed by atoms with Gasteiger partial charge in [0.1, 0.15) is 11.6 Å². The minimum Gasteiger partial charge on any atom is -0.365 e. The van der Waals surface area contributed by atoms with Crippen molar-refractivity contribution in [3.63, 3.8) is 0 Å². The summed E-state index contributed by atoms with van der Waals surface area (Å²) >= 11 is 0. The lowest BCUT2D eigenvalue weighted by Gasteiger charge is -2.12. The molecule has 1 aromatic heterocycles. The molecule has 27 heavy (non-hydrogen) atoms. The second-order valence-corrected chi connectivity index (χ2v) is 6.20. The standard InChI is InChI=1S/C21H21FN4O/c1-3-16-6-4-5-14(2)20(16)24-21(27)18-11-12-19(26-25-18)23-13-15-7-9-17(22)10-8-15/h4-12H,3,13H2,1-2H3,(H,23,26)(H,24,27).